The molecule has 1 aromatic heterocycles. The number of rotatable bonds is 20. The number of nitrogens with one attached hydrogen (secondary N) is 3. The number of nitrogen functional groups attached to an aromatic ring is 1. The van der Waals surface area contributed by atoms with Gasteiger partial charge in [0.25, 0.3) is 5.91 Å². The number of aromatic nitrogens is 2. The number of nitrogens with zero attached hydrogens (tertiary/aromatic N) is 7. The zero-order valence-electron chi connectivity index (χ0n) is 38.1. The third-order valence-corrected chi connectivity index (χ3v) is 13.8. The second-order valence-electron chi connectivity index (χ2n) is 18.5. The number of hydrogen-bond donors (Lipinski definition) is 4. The number of ether oxygens (including phenoxy) is 1. The van der Waals surface area contributed by atoms with Crippen molar-refractivity contribution in [2.45, 2.75) is 44.2 Å². The number of hydrogen-bond acceptors (Lipinski definition) is 14. The average molecular weight is 898 g/mol. The fourth-order valence-corrected chi connectivity index (χ4v) is 9.95. The first-order valence-electron chi connectivity index (χ1n) is 23.3. The molecule has 0 bridgehead atoms. The van der Waals surface area contributed by atoms with Crippen molar-refractivity contribution < 1.29 is 23.9 Å². The van der Waals surface area contributed by atoms with Crippen molar-refractivity contribution in [1.29, 1.82) is 5.41 Å². The molecule has 3 aromatic carbocycles. The molecule has 348 valence electrons. The van der Waals surface area contributed by atoms with Gasteiger partial charge >= 0.3 is 0 Å². The number of likely N-dealkylation sites (N-methyl/N-ethyl adjacent to an activating group) is 1. The van der Waals surface area contributed by atoms with Gasteiger partial charge in [0.15, 0.2) is 6.29 Å². The van der Waals surface area contributed by atoms with E-state index in [4.69, 9.17) is 15.9 Å². The first-order chi connectivity index (χ1) is 32.1. The molecular weight excluding hydrogens is 835 g/mol. The summed E-state index contributed by atoms with van der Waals surface area (Å²) in [6, 6.07) is 21.8. The van der Waals surface area contributed by atoms with Gasteiger partial charge in [-0.25, -0.2) is 9.97 Å². The molecular formula is C50H63N11O5. The van der Waals surface area contributed by atoms with Crippen LogP contribution in [0.1, 0.15) is 63.9 Å². The lowest BCUT2D eigenvalue weighted by atomic mass is 9.93. The first-order valence-corrected chi connectivity index (χ1v) is 23.3. The van der Waals surface area contributed by atoms with Crippen LogP contribution in [-0.4, -0.2) is 158 Å². The van der Waals surface area contributed by atoms with Crippen molar-refractivity contribution in [1.82, 2.24) is 34.9 Å². The van der Waals surface area contributed by atoms with E-state index in [9.17, 15) is 19.2 Å². The molecule has 66 heavy (non-hydrogen) atoms. The Labute approximate surface area is 387 Å². The molecule has 4 fully saturated rings. The third-order valence-electron chi connectivity index (χ3n) is 13.8. The van der Waals surface area contributed by atoms with E-state index in [1.165, 1.54) is 38.3 Å². The summed E-state index contributed by atoms with van der Waals surface area (Å²) in [6.45, 7) is 11.7. The van der Waals surface area contributed by atoms with E-state index in [1.807, 2.05) is 60.7 Å². The van der Waals surface area contributed by atoms with E-state index in [0.29, 0.717) is 53.0 Å². The maximum Gasteiger partial charge on any atom is 0.255 e. The minimum Gasteiger partial charge on any atom is -0.457 e. The zero-order valence-corrected chi connectivity index (χ0v) is 38.1. The Morgan fingerprint density at radius 2 is 1.52 bits per heavy atom. The van der Waals surface area contributed by atoms with Gasteiger partial charge in [0.1, 0.15) is 35.7 Å². The normalized spacial score (nSPS) is 19.1. The van der Waals surface area contributed by atoms with Crippen molar-refractivity contribution in [2.24, 2.45) is 17.8 Å². The summed E-state index contributed by atoms with van der Waals surface area (Å²) in [7, 11) is 3.07. The van der Waals surface area contributed by atoms with Gasteiger partial charge in [-0.05, 0) is 98.7 Å². The van der Waals surface area contributed by atoms with Crippen molar-refractivity contribution in [2.75, 3.05) is 102 Å². The lowest BCUT2D eigenvalue weighted by molar-refractivity contribution is -0.121. The molecule has 0 saturated carbocycles. The van der Waals surface area contributed by atoms with Crippen LogP contribution in [0.4, 0.5) is 17.3 Å². The summed E-state index contributed by atoms with van der Waals surface area (Å²) < 4.78 is 5.94. The van der Waals surface area contributed by atoms with Crippen LogP contribution in [-0.2, 0) is 9.59 Å². The standard InChI is InChI=1S/C50H63N11O5/c1-53-45(64)15-12-41(32-63)57(2)50(65)44-22-40(11-8-38(44)31-62)61-29-36(30-61)28-60-26-35(27-60)25-59-19-16-34(24-59)23-58-20-17-39(18-21-58)56-49-46(48(52)54-33-55-49)47(51)37-9-13-43(14-10-37)66-42-6-4-3-5-7-42/h3-11,13-14,22,31-36,39,41,51H,12,15-21,23-30H2,1-2H3,(H,53,64)(H3,52,54,55,56). The molecule has 4 saturated heterocycles. The topological polar surface area (TPSA) is 193 Å². The number of benzene rings is 3. The number of para-hydroxylation sites is 1. The van der Waals surface area contributed by atoms with Gasteiger partial charge in [-0.15, -0.1) is 0 Å². The van der Waals surface area contributed by atoms with E-state index < -0.39 is 11.9 Å². The second-order valence-corrected chi connectivity index (χ2v) is 18.5. The van der Waals surface area contributed by atoms with Crippen molar-refractivity contribution in [3.8, 4) is 11.5 Å². The average Bonchev–Trinajstić information content (AvgIpc) is 3.76. The van der Waals surface area contributed by atoms with Crippen LogP contribution in [0.5, 0.6) is 11.5 Å². The number of piperidine rings is 1. The van der Waals surface area contributed by atoms with Crippen LogP contribution in [0.3, 0.4) is 0 Å². The molecule has 4 aliphatic heterocycles. The lowest BCUT2D eigenvalue weighted by Gasteiger charge is -2.48. The summed E-state index contributed by atoms with van der Waals surface area (Å²) in [6.07, 6.45) is 6.36. The molecule has 8 rings (SSSR count). The molecule has 0 aliphatic carbocycles. The molecule has 16 heteroatoms. The Hall–Kier alpha value is -6.23. The molecule has 0 spiro atoms. The molecule has 5 N–H and O–H groups in total. The van der Waals surface area contributed by atoms with Gasteiger partial charge in [0.05, 0.1) is 22.9 Å². The number of anilines is 3. The molecule has 5 heterocycles. The minimum atomic E-state index is -0.771. The fraction of sp³-hybridized carbons (Fsp3) is 0.460. The summed E-state index contributed by atoms with van der Waals surface area (Å²) in [4.78, 5) is 69.1. The monoisotopic (exact) mass is 898 g/mol. The van der Waals surface area contributed by atoms with Crippen LogP contribution >= 0.6 is 0 Å². The smallest absolute Gasteiger partial charge is 0.255 e. The number of aldehydes is 2. The highest BCUT2D eigenvalue weighted by Crippen LogP contribution is 2.32. The van der Waals surface area contributed by atoms with Crippen LogP contribution in [0.15, 0.2) is 79.1 Å². The number of carbonyl (C=O) groups excluding carboxylic acids is 4. The summed E-state index contributed by atoms with van der Waals surface area (Å²) >= 11 is 0. The summed E-state index contributed by atoms with van der Waals surface area (Å²) in [5.74, 6) is 3.64. The fourth-order valence-electron chi connectivity index (χ4n) is 9.95. The van der Waals surface area contributed by atoms with Gasteiger partial charge in [-0.1, -0.05) is 18.2 Å². The SMILES string of the molecule is CNC(=O)CCC(C=O)N(C)C(=O)c1cc(N2CC(CN3CC(CN4CCC(CN5CCC(Nc6ncnc(N)c6C(=N)c6ccc(Oc7ccccc7)cc6)CC5)C4)C3)C2)ccc1C=O. The Morgan fingerprint density at radius 3 is 2.23 bits per heavy atom. The van der Waals surface area contributed by atoms with Crippen LogP contribution in [0, 0.1) is 23.2 Å². The highest BCUT2D eigenvalue weighted by Gasteiger charge is 2.36. The van der Waals surface area contributed by atoms with Gasteiger partial charge in [-0.3, -0.25) is 19.8 Å². The maximum atomic E-state index is 13.5. The second kappa shape index (κ2) is 21.4. The minimum absolute atomic E-state index is 0.121. The molecule has 0 radical (unpaired) electrons. The number of carbonyl (C=O) groups is 4. The molecule has 2 amide bonds. The Kier molecular flexibility index (Phi) is 15.0. The van der Waals surface area contributed by atoms with Crippen molar-refractivity contribution in [3.63, 3.8) is 0 Å². The van der Waals surface area contributed by atoms with Gasteiger partial charge in [0, 0.05) is 115 Å². The van der Waals surface area contributed by atoms with Crippen LogP contribution < -0.4 is 26.0 Å². The van der Waals surface area contributed by atoms with Gasteiger partial charge < -0.3 is 50.4 Å². The number of likely N-dealkylation sites (tertiary alicyclic amines) is 3. The summed E-state index contributed by atoms with van der Waals surface area (Å²) in [5, 5.41) is 15.2. The van der Waals surface area contributed by atoms with E-state index in [0.717, 1.165) is 89.7 Å². The highest BCUT2D eigenvalue weighted by atomic mass is 16.5. The van der Waals surface area contributed by atoms with E-state index >= 15 is 0 Å². The number of amides is 2. The Balaban J connectivity index is 0.727. The van der Waals surface area contributed by atoms with E-state index in [1.54, 1.807) is 12.1 Å². The Morgan fingerprint density at radius 1 is 0.848 bits per heavy atom. The van der Waals surface area contributed by atoms with E-state index in [2.05, 4.69) is 40.2 Å². The highest BCUT2D eigenvalue weighted by molar-refractivity contribution is 6.16. The largest absolute Gasteiger partial charge is 0.457 e. The van der Waals surface area contributed by atoms with Gasteiger partial charge in [-0.2, -0.15) is 0 Å². The number of nitrogens with two attached hydrogens (primary N) is 1. The molecule has 16 nitrogen and oxygen atoms in total. The first kappa shape index (κ1) is 46.3. The van der Waals surface area contributed by atoms with Gasteiger partial charge in [0.2, 0.25) is 5.91 Å². The maximum absolute atomic E-state index is 13.5. The molecule has 2 unspecified atom stereocenters. The lowest BCUT2D eigenvalue weighted by Crippen LogP contribution is -2.57. The predicted octanol–water partition coefficient (Wildman–Crippen LogP) is 4.51. The van der Waals surface area contributed by atoms with Crippen LogP contribution in [0.25, 0.3) is 0 Å². The predicted molar refractivity (Wildman–Crippen MR) is 256 cm³/mol. The molecule has 2 atom stereocenters. The Bertz CT molecular complexity index is 2330. The van der Waals surface area contributed by atoms with E-state index in [-0.39, 0.29) is 47.4 Å². The van der Waals surface area contributed by atoms with Crippen molar-refractivity contribution >= 4 is 47.4 Å². The quantitative estimate of drug-likeness (QED) is 0.0716. The third kappa shape index (κ3) is 11.2. The van der Waals surface area contributed by atoms with Crippen molar-refractivity contribution in [3.05, 3.63) is 101 Å². The summed E-state index contributed by atoms with van der Waals surface area (Å²) in [5.41, 5.74) is 9.29. The molecule has 4 aromatic rings. The zero-order chi connectivity index (χ0) is 46.2. The molecule has 4 aliphatic rings. The van der Waals surface area contributed by atoms with Crippen LogP contribution in [0.2, 0.25) is 0 Å².